The Morgan fingerprint density at radius 1 is 1.33 bits per heavy atom. The molecule has 0 radical (unpaired) electrons. The van der Waals surface area contributed by atoms with Gasteiger partial charge in [-0.2, -0.15) is 0 Å². The van der Waals surface area contributed by atoms with E-state index in [0.717, 1.165) is 24.5 Å². The molecule has 1 aliphatic rings. The minimum atomic E-state index is 0.923. The number of benzene rings is 1. The maximum atomic E-state index is 6.08. The van der Waals surface area contributed by atoms with Gasteiger partial charge in [-0.3, -0.25) is 0 Å². The van der Waals surface area contributed by atoms with Crippen LogP contribution in [0.5, 0.6) is 0 Å². The Kier molecular flexibility index (Phi) is 2.57. The SMILES string of the molecule is Clc1ccc(I)c2c1CCNC2. The zero-order valence-electron chi connectivity index (χ0n) is 6.53. The third kappa shape index (κ3) is 1.47. The summed E-state index contributed by atoms with van der Waals surface area (Å²) in [5, 5.41) is 4.27. The Hall–Kier alpha value is 0.200. The van der Waals surface area contributed by atoms with Crippen molar-refractivity contribution >= 4 is 34.2 Å². The van der Waals surface area contributed by atoms with E-state index in [2.05, 4.69) is 34.0 Å². The fourth-order valence-corrected chi connectivity index (χ4v) is 2.49. The van der Waals surface area contributed by atoms with Crippen molar-refractivity contribution in [3.63, 3.8) is 0 Å². The standard InChI is InChI=1S/C9H9ClIN/c10-8-1-2-9(11)7-5-12-4-3-6(7)8/h1-2,12H,3-5H2. The van der Waals surface area contributed by atoms with Crippen molar-refractivity contribution in [3.05, 3.63) is 31.9 Å². The molecule has 3 heteroatoms. The summed E-state index contributed by atoms with van der Waals surface area (Å²) in [5.74, 6) is 0. The van der Waals surface area contributed by atoms with Crippen LogP contribution in [0.15, 0.2) is 12.1 Å². The number of hydrogen-bond acceptors (Lipinski definition) is 1. The highest BCUT2D eigenvalue weighted by atomic mass is 127. The molecule has 1 heterocycles. The van der Waals surface area contributed by atoms with E-state index in [1.807, 2.05) is 6.07 Å². The predicted molar refractivity (Wildman–Crippen MR) is 59.6 cm³/mol. The highest BCUT2D eigenvalue weighted by molar-refractivity contribution is 14.1. The van der Waals surface area contributed by atoms with Crippen molar-refractivity contribution in [2.24, 2.45) is 0 Å². The molecule has 0 saturated carbocycles. The Labute approximate surface area is 90.6 Å². The summed E-state index contributed by atoms with van der Waals surface area (Å²) in [6, 6.07) is 4.07. The van der Waals surface area contributed by atoms with Gasteiger partial charge in [0.05, 0.1) is 0 Å². The minimum absolute atomic E-state index is 0.923. The molecule has 1 N–H and O–H groups in total. The molecular formula is C9H9ClIN. The van der Waals surface area contributed by atoms with Gasteiger partial charge in [0.25, 0.3) is 0 Å². The van der Waals surface area contributed by atoms with Crippen LogP contribution < -0.4 is 5.32 Å². The molecule has 0 fully saturated rings. The highest BCUT2D eigenvalue weighted by Gasteiger charge is 2.13. The fraction of sp³-hybridized carbons (Fsp3) is 0.333. The van der Waals surface area contributed by atoms with Crippen molar-refractivity contribution in [3.8, 4) is 0 Å². The van der Waals surface area contributed by atoms with E-state index in [0.29, 0.717) is 0 Å². The summed E-state index contributed by atoms with van der Waals surface area (Å²) in [7, 11) is 0. The second kappa shape index (κ2) is 3.52. The summed E-state index contributed by atoms with van der Waals surface area (Å²) in [6.07, 6.45) is 1.06. The maximum absolute atomic E-state index is 6.08. The molecule has 0 amide bonds. The number of fused-ring (bicyclic) bond motifs is 1. The smallest absolute Gasteiger partial charge is 0.0442 e. The quantitative estimate of drug-likeness (QED) is 0.725. The van der Waals surface area contributed by atoms with Gasteiger partial charge in [0.15, 0.2) is 0 Å². The third-order valence-corrected chi connectivity index (χ3v) is 3.54. The van der Waals surface area contributed by atoms with E-state index >= 15 is 0 Å². The van der Waals surface area contributed by atoms with Crippen LogP contribution in [0.3, 0.4) is 0 Å². The van der Waals surface area contributed by atoms with E-state index in [-0.39, 0.29) is 0 Å². The maximum Gasteiger partial charge on any atom is 0.0442 e. The lowest BCUT2D eigenvalue weighted by atomic mass is 10.0. The van der Waals surface area contributed by atoms with Crippen molar-refractivity contribution in [1.82, 2.24) is 5.32 Å². The summed E-state index contributed by atoms with van der Waals surface area (Å²) < 4.78 is 1.32. The molecule has 0 saturated heterocycles. The number of hydrogen-bond donors (Lipinski definition) is 1. The van der Waals surface area contributed by atoms with E-state index < -0.39 is 0 Å². The van der Waals surface area contributed by atoms with Crippen LogP contribution in [0, 0.1) is 3.57 Å². The normalized spacial score (nSPS) is 15.8. The summed E-state index contributed by atoms with van der Waals surface area (Å²) >= 11 is 8.44. The zero-order valence-corrected chi connectivity index (χ0v) is 9.45. The Bertz CT molecular complexity index is 281. The van der Waals surface area contributed by atoms with E-state index in [4.69, 9.17) is 11.6 Å². The van der Waals surface area contributed by atoms with Gasteiger partial charge in [0, 0.05) is 15.1 Å². The number of nitrogens with one attached hydrogen (secondary N) is 1. The molecule has 1 nitrogen and oxygen atoms in total. The van der Waals surface area contributed by atoms with Crippen molar-refractivity contribution in [2.75, 3.05) is 6.54 Å². The molecule has 1 aromatic carbocycles. The Balaban J connectivity index is 2.57. The lowest BCUT2D eigenvalue weighted by Crippen LogP contribution is -2.24. The first-order valence-corrected chi connectivity index (χ1v) is 5.41. The molecule has 0 atom stereocenters. The van der Waals surface area contributed by atoms with Gasteiger partial charge in [0.2, 0.25) is 0 Å². The molecule has 0 aromatic heterocycles. The first-order valence-electron chi connectivity index (χ1n) is 3.95. The molecule has 1 aromatic rings. The first kappa shape index (κ1) is 8.78. The van der Waals surface area contributed by atoms with Gasteiger partial charge in [-0.15, -0.1) is 0 Å². The molecule has 2 rings (SSSR count). The number of halogens is 2. The topological polar surface area (TPSA) is 12.0 Å². The fourth-order valence-electron chi connectivity index (χ4n) is 1.52. The highest BCUT2D eigenvalue weighted by Crippen LogP contribution is 2.26. The van der Waals surface area contributed by atoms with E-state index in [1.54, 1.807) is 0 Å². The summed E-state index contributed by atoms with van der Waals surface area (Å²) in [4.78, 5) is 0. The molecular weight excluding hydrogens is 284 g/mol. The van der Waals surface area contributed by atoms with Crippen LogP contribution in [0.25, 0.3) is 0 Å². The largest absolute Gasteiger partial charge is 0.312 e. The monoisotopic (exact) mass is 293 g/mol. The van der Waals surface area contributed by atoms with Gasteiger partial charge in [-0.05, 0) is 58.8 Å². The van der Waals surface area contributed by atoms with Crippen LogP contribution in [0.1, 0.15) is 11.1 Å². The molecule has 0 bridgehead atoms. The van der Waals surface area contributed by atoms with Crippen LogP contribution in [-0.2, 0) is 13.0 Å². The van der Waals surface area contributed by atoms with Crippen LogP contribution in [-0.4, -0.2) is 6.54 Å². The molecule has 1 aliphatic heterocycles. The second-order valence-electron chi connectivity index (χ2n) is 2.91. The zero-order chi connectivity index (χ0) is 8.55. The first-order chi connectivity index (χ1) is 5.79. The Morgan fingerprint density at radius 3 is 2.92 bits per heavy atom. The average Bonchev–Trinajstić information content (AvgIpc) is 2.12. The van der Waals surface area contributed by atoms with Gasteiger partial charge < -0.3 is 5.32 Å². The number of rotatable bonds is 0. The minimum Gasteiger partial charge on any atom is -0.312 e. The predicted octanol–water partition coefficient (Wildman–Crippen LogP) is 2.59. The van der Waals surface area contributed by atoms with Crippen LogP contribution in [0.2, 0.25) is 5.02 Å². The van der Waals surface area contributed by atoms with E-state index in [9.17, 15) is 0 Å². The third-order valence-electron chi connectivity index (χ3n) is 2.17. The molecule has 0 aliphatic carbocycles. The van der Waals surface area contributed by atoms with Crippen molar-refractivity contribution < 1.29 is 0 Å². The summed E-state index contributed by atoms with van der Waals surface area (Å²) in [6.45, 7) is 2.01. The average molecular weight is 294 g/mol. The lowest BCUT2D eigenvalue weighted by molar-refractivity contribution is 0.641. The van der Waals surface area contributed by atoms with Crippen molar-refractivity contribution in [2.45, 2.75) is 13.0 Å². The van der Waals surface area contributed by atoms with Crippen LogP contribution >= 0.6 is 34.2 Å². The van der Waals surface area contributed by atoms with Gasteiger partial charge in [0.1, 0.15) is 0 Å². The van der Waals surface area contributed by atoms with Crippen molar-refractivity contribution in [1.29, 1.82) is 0 Å². The molecule has 12 heavy (non-hydrogen) atoms. The lowest BCUT2D eigenvalue weighted by Gasteiger charge is -2.19. The van der Waals surface area contributed by atoms with Gasteiger partial charge >= 0.3 is 0 Å². The van der Waals surface area contributed by atoms with Gasteiger partial charge in [-0.1, -0.05) is 11.6 Å². The Morgan fingerprint density at radius 2 is 2.17 bits per heavy atom. The molecule has 64 valence electrons. The molecule has 0 spiro atoms. The second-order valence-corrected chi connectivity index (χ2v) is 4.48. The summed E-state index contributed by atoms with van der Waals surface area (Å²) in [5.41, 5.74) is 2.72. The van der Waals surface area contributed by atoms with Crippen LogP contribution in [0.4, 0.5) is 0 Å². The molecule has 0 unspecified atom stereocenters. The van der Waals surface area contributed by atoms with Gasteiger partial charge in [-0.25, -0.2) is 0 Å². The van der Waals surface area contributed by atoms with E-state index in [1.165, 1.54) is 14.7 Å².